The molecule has 0 bridgehead atoms. The molecule has 0 aliphatic heterocycles. The van der Waals surface area contributed by atoms with Crippen molar-refractivity contribution >= 4 is 47.6 Å². The van der Waals surface area contributed by atoms with Crippen molar-refractivity contribution in [3.63, 3.8) is 0 Å². The molecular weight excluding hydrogens is 676 g/mol. The number of amides is 2. The van der Waals surface area contributed by atoms with E-state index in [1.807, 2.05) is 0 Å². The number of nitro groups is 2. The topological polar surface area (TPSA) is 222 Å². The first-order chi connectivity index (χ1) is 25.1. The summed E-state index contributed by atoms with van der Waals surface area (Å²) in [5.74, 6) is -2.45. The van der Waals surface area contributed by atoms with Crippen LogP contribution >= 0.6 is 0 Å². The van der Waals surface area contributed by atoms with Crippen molar-refractivity contribution < 1.29 is 38.5 Å². The predicted molar refractivity (Wildman–Crippen MR) is 186 cm³/mol. The van der Waals surface area contributed by atoms with Gasteiger partial charge in [-0.15, -0.1) is 0 Å². The van der Waals surface area contributed by atoms with Crippen molar-refractivity contribution in [2.24, 2.45) is 10.2 Å². The summed E-state index contributed by atoms with van der Waals surface area (Å²) >= 11 is 0. The third kappa shape index (κ3) is 9.17. The van der Waals surface area contributed by atoms with Crippen molar-refractivity contribution in [2.45, 2.75) is 0 Å². The fourth-order valence-electron chi connectivity index (χ4n) is 4.42. The molecule has 2 amide bonds. The van der Waals surface area contributed by atoms with Crippen LogP contribution in [0.2, 0.25) is 0 Å². The van der Waals surface area contributed by atoms with Gasteiger partial charge in [-0.25, -0.2) is 20.4 Å². The molecule has 0 fully saturated rings. The maximum absolute atomic E-state index is 12.7. The minimum atomic E-state index is -0.752. The molecule has 0 unspecified atom stereocenters. The first kappa shape index (κ1) is 35.4. The zero-order valence-corrected chi connectivity index (χ0v) is 26.6. The quantitative estimate of drug-likeness (QED) is 0.0549. The fourth-order valence-corrected chi connectivity index (χ4v) is 4.42. The molecule has 2 N–H and O–H groups in total. The number of esters is 2. The lowest BCUT2D eigenvalue weighted by molar-refractivity contribution is -0.385. The molecule has 0 aromatic heterocycles. The van der Waals surface area contributed by atoms with Gasteiger partial charge in [-0.05, 0) is 96.1 Å². The number of carbonyl (C=O) groups is 4. The zero-order chi connectivity index (χ0) is 37.0. The second-order valence-corrected chi connectivity index (χ2v) is 10.4. The first-order valence-electron chi connectivity index (χ1n) is 15.0. The molecule has 16 nitrogen and oxygen atoms in total. The van der Waals surface area contributed by atoms with E-state index in [0.717, 1.165) is 0 Å². The maximum Gasteiger partial charge on any atom is 0.343 e. The summed E-state index contributed by atoms with van der Waals surface area (Å²) in [7, 11) is 0. The Morgan fingerprint density at radius 2 is 0.865 bits per heavy atom. The van der Waals surface area contributed by atoms with Crippen molar-refractivity contribution in [3.05, 3.63) is 175 Å². The number of nitrogens with zero attached hydrogens (tertiary/aromatic N) is 4. The number of para-hydroxylation sites is 2. The van der Waals surface area contributed by atoms with Crippen LogP contribution in [0.3, 0.4) is 0 Å². The molecule has 0 aliphatic carbocycles. The smallest absolute Gasteiger partial charge is 0.343 e. The Morgan fingerprint density at radius 3 is 1.21 bits per heavy atom. The lowest BCUT2D eigenvalue weighted by atomic mass is 10.1. The average Bonchev–Trinajstić information content (AvgIpc) is 3.16. The molecule has 5 aromatic rings. The van der Waals surface area contributed by atoms with Gasteiger partial charge < -0.3 is 9.47 Å². The molecule has 5 aromatic carbocycles. The van der Waals surface area contributed by atoms with E-state index in [1.54, 1.807) is 24.3 Å². The molecule has 0 saturated carbocycles. The summed E-state index contributed by atoms with van der Waals surface area (Å²) in [4.78, 5) is 70.8. The summed E-state index contributed by atoms with van der Waals surface area (Å²) in [5, 5.41) is 29.9. The summed E-state index contributed by atoms with van der Waals surface area (Å²) in [6.45, 7) is 0. The second kappa shape index (κ2) is 16.5. The molecule has 0 saturated heterocycles. The van der Waals surface area contributed by atoms with Gasteiger partial charge in [-0.1, -0.05) is 24.3 Å². The Kier molecular flexibility index (Phi) is 11.2. The van der Waals surface area contributed by atoms with Crippen molar-refractivity contribution in [2.75, 3.05) is 0 Å². The molecule has 5 rings (SSSR count). The number of hydrogen-bond acceptors (Lipinski definition) is 12. The van der Waals surface area contributed by atoms with E-state index in [4.69, 9.17) is 9.47 Å². The van der Waals surface area contributed by atoms with Crippen molar-refractivity contribution in [1.29, 1.82) is 0 Å². The summed E-state index contributed by atoms with van der Waals surface area (Å²) < 4.78 is 10.8. The summed E-state index contributed by atoms with van der Waals surface area (Å²) in [6, 6.07) is 28.8. The van der Waals surface area contributed by atoms with Gasteiger partial charge in [0.15, 0.2) is 0 Å². The number of carbonyl (C=O) groups excluding carboxylic acids is 4. The number of rotatable bonds is 12. The van der Waals surface area contributed by atoms with Crippen LogP contribution in [0.1, 0.15) is 52.6 Å². The molecule has 0 spiro atoms. The highest BCUT2D eigenvalue weighted by atomic mass is 16.6. The largest absolute Gasteiger partial charge is 0.423 e. The number of nitro benzene ring substituents is 2. The van der Waals surface area contributed by atoms with Gasteiger partial charge in [-0.2, -0.15) is 10.2 Å². The van der Waals surface area contributed by atoms with Gasteiger partial charge in [0.25, 0.3) is 23.2 Å². The van der Waals surface area contributed by atoms with E-state index in [9.17, 15) is 39.4 Å². The fraction of sp³-hybridized carbons (Fsp3) is 0. The first-order valence-corrected chi connectivity index (χ1v) is 15.0. The monoisotopic (exact) mass is 700 g/mol. The Morgan fingerprint density at radius 1 is 0.519 bits per heavy atom. The minimum Gasteiger partial charge on any atom is -0.423 e. The van der Waals surface area contributed by atoms with Crippen LogP contribution in [-0.4, -0.2) is 46.0 Å². The highest BCUT2D eigenvalue weighted by molar-refractivity contribution is 5.99. The molecule has 0 radical (unpaired) electrons. The van der Waals surface area contributed by atoms with E-state index in [1.165, 1.54) is 109 Å². The van der Waals surface area contributed by atoms with Gasteiger partial charge >= 0.3 is 11.9 Å². The molecule has 258 valence electrons. The Balaban J connectivity index is 1.09. The summed E-state index contributed by atoms with van der Waals surface area (Å²) in [5.41, 5.74) is 4.89. The van der Waals surface area contributed by atoms with Gasteiger partial charge in [0, 0.05) is 12.1 Å². The van der Waals surface area contributed by atoms with Crippen LogP contribution in [0.25, 0.3) is 0 Å². The number of hydrazone groups is 2. The second-order valence-electron chi connectivity index (χ2n) is 10.4. The Labute approximate surface area is 293 Å². The molecular formula is C36H24N6O10. The summed E-state index contributed by atoms with van der Waals surface area (Å²) in [6.07, 6.45) is 2.62. The van der Waals surface area contributed by atoms with Crippen LogP contribution in [-0.2, 0) is 0 Å². The third-order valence-corrected chi connectivity index (χ3v) is 6.99. The zero-order valence-electron chi connectivity index (χ0n) is 26.6. The normalized spacial score (nSPS) is 10.8. The van der Waals surface area contributed by atoms with E-state index < -0.39 is 33.6 Å². The van der Waals surface area contributed by atoms with E-state index >= 15 is 0 Å². The Hall–Kier alpha value is -7.88. The standard InChI is InChI=1S/C36H24N6O10/c43-33(29-5-1-3-7-31(29)41(47)48)39-37-21-23-9-17-27(18-10-23)51-35(45)25-13-15-26(16-14-25)36(46)52-28-19-11-24(12-20-28)22-38-40-34(44)30-6-2-4-8-32(30)42(49)50/h1-22H,(H,39,43)(H,40,44). The maximum atomic E-state index is 12.7. The predicted octanol–water partition coefficient (Wildman–Crippen LogP) is 5.47. The van der Waals surface area contributed by atoms with Gasteiger partial charge in [0.05, 0.1) is 33.4 Å². The van der Waals surface area contributed by atoms with Crippen molar-refractivity contribution in [1.82, 2.24) is 10.9 Å². The number of hydrogen-bond donors (Lipinski definition) is 2. The van der Waals surface area contributed by atoms with E-state index in [0.29, 0.717) is 11.1 Å². The highest BCUT2D eigenvalue weighted by Crippen LogP contribution is 2.19. The van der Waals surface area contributed by atoms with Gasteiger partial charge in [-0.3, -0.25) is 29.8 Å². The third-order valence-electron chi connectivity index (χ3n) is 6.99. The SMILES string of the molecule is O=C(Oc1ccc(C=NNC(=O)c2ccccc2[N+](=O)[O-])cc1)c1ccc(C(=O)Oc2ccc(C=NNC(=O)c3ccccc3[N+](=O)[O-])cc2)cc1. The molecule has 0 atom stereocenters. The molecule has 0 aliphatic rings. The number of ether oxygens (including phenoxy) is 2. The Bertz CT molecular complexity index is 2060. The minimum absolute atomic E-state index is 0.140. The van der Waals surface area contributed by atoms with Gasteiger partial charge in [0.1, 0.15) is 22.6 Å². The van der Waals surface area contributed by atoms with Crippen LogP contribution in [0.5, 0.6) is 11.5 Å². The highest BCUT2D eigenvalue weighted by Gasteiger charge is 2.20. The molecule has 52 heavy (non-hydrogen) atoms. The van der Waals surface area contributed by atoms with Crippen LogP contribution in [0, 0.1) is 20.2 Å². The average molecular weight is 701 g/mol. The lowest BCUT2D eigenvalue weighted by Gasteiger charge is -2.07. The van der Waals surface area contributed by atoms with E-state index in [2.05, 4.69) is 21.1 Å². The molecule has 0 heterocycles. The van der Waals surface area contributed by atoms with Gasteiger partial charge in [0.2, 0.25) is 0 Å². The lowest BCUT2D eigenvalue weighted by Crippen LogP contribution is -2.18. The van der Waals surface area contributed by atoms with Crippen molar-refractivity contribution in [3.8, 4) is 11.5 Å². The van der Waals surface area contributed by atoms with Crippen LogP contribution in [0.4, 0.5) is 11.4 Å². The number of nitrogens with one attached hydrogen (secondary N) is 2. The van der Waals surface area contributed by atoms with Crippen LogP contribution < -0.4 is 20.3 Å². The number of benzene rings is 5. The van der Waals surface area contributed by atoms with Crippen LogP contribution in [0.15, 0.2) is 132 Å². The molecule has 16 heteroatoms. The van der Waals surface area contributed by atoms with E-state index in [-0.39, 0.29) is 45.1 Å².